The minimum absolute atomic E-state index is 0.189. The Morgan fingerprint density at radius 3 is 2.87 bits per heavy atom. The van der Waals surface area contributed by atoms with E-state index in [0.717, 1.165) is 5.82 Å². The number of aliphatic hydroxyl groups is 1. The van der Waals surface area contributed by atoms with Crippen molar-refractivity contribution in [2.75, 3.05) is 12.9 Å². The molecular weight excluding hydrogens is 212 g/mol. The first-order valence-corrected chi connectivity index (χ1v) is 6.17. The van der Waals surface area contributed by atoms with Gasteiger partial charge >= 0.3 is 0 Å². The number of thioether (sulfide) groups is 1. The predicted octanol–water partition coefficient (Wildman–Crippen LogP) is 0.0171. The molecule has 0 aromatic carbocycles. The number of hydrogen-bond acceptors (Lipinski definition) is 5. The van der Waals surface area contributed by atoms with Gasteiger partial charge in [0.25, 0.3) is 0 Å². The van der Waals surface area contributed by atoms with Crippen LogP contribution in [-0.2, 0) is 13.6 Å². The van der Waals surface area contributed by atoms with Gasteiger partial charge in [0, 0.05) is 18.3 Å². The highest BCUT2D eigenvalue weighted by atomic mass is 32.2. The zero-order valence-electron chi connectivity index (χ0n) is 9.34. The largest absolute Gasteiger partial charge is 0.395 e. The fourth-order valence-corrected chi connectivity index (χ4v) is 1.95. The molecule has 6 heteroatoms. The maximum Gasteiger partial charge on any atom is 0.140 e. The Labute approximate surface area is 94.3 Å². The third-order valence-electron chi connectivity index (χ3n) is 2.43. The summed E-state index contributed by atoms with van der Waals surface area (Å²) in [4.78, 5) is 4.12. The topological polar surface area (TPSA) is 63.0 Å². The van der Waals surface area contributed by atoms with E-state index in [-0.39, 0.29) is 17.9 Å². The molecule has 0 radical (unpaired) electrons. The van der Waals surface area contributed by atoms with Gasteiger partial charge in [-0.05, 0) is 13.2 Å². The monoisotopic (exact) mass is 230 g/mol. The van der Waals surface area contributed by atoms with Crippen molar-refractivity contribution in [3.8, 4) is 0 Å². The number of rotatable bonds is 6. The van der Waals surface area contributed by atoms with Gasteiger partial charge in [0.15, 0.2) is 0 Å². The molecule has 2 N–H and O–H groups in total. The highest BCUT2D eigenvalue weighted by Gasteiger charge is 2.14. The summed E-state index contributed by atoms with van der Waals surface area (Å²) in [5, 5.41) is 16.6. The maximum absolute atomic E-state index is 9.11. The van der Waals surface area contributed by atoms with E-state index in [1.165, 1.54) is 0 Å². The number of aliphatic hydroxyl groups excluding tert-OH is 1. The predicted molar refractivity (Wildman–Crippen MR) is 61.7 cm³/mol. The average Bonchev–Trinajstić information content (AvgIpc) is 2.63. The van der Waals surface area contributed by atoms with Crippen molar-refractivity contribution in [1.82, 2.24) is 20.1 Å². The van der Waals surface area contributed by atoms with Crippen LogP contribution < -0.4 is 5.32 Å². The Balaban J connectivity index is 2.40. The van der Waals surface area contributed by atoms with E-state index in [2.05, 4.69) is 22.3 Å². The van der Waals surface area contributed by atoms with Crippen molar-refractivity contribution in [2.45, 2.75) is 24.8 Å². The molecule has 0 amide bonds. The average molecular weight is 230 g/mol. The molecule has 1 aromatic heterocycles. The standard InChI is InChI=1S/C9H18N4OS/c1-7(8(5-14)15-3)10-4-9-11-6-12-13(9)2/h6-8,10,14H,4-5H2,1-3H3. The number of nitrogens with one attached hydrogen (secondary N) is 1. The molecule has 86 valence electrons. The Kier molecular flexibility index (Phi) is 5.07. The van der Waals surface area contributed by atoms with Crippen molar-refractivity contribution in [3.05, 3.63) is 12.2 Å². The summed E-state index contributed by atoms with van der Waals surface area (Å²) in [6.45, 7) is 2.93. The fraction of sp³-hybridized carbons (Fsp3) is 0.778. The van der Waals surface area contributed by atoms with Crippen LogP contribution in [0.3, 0.4) is 0 Å². The van der Waals surface area contributed by atoms with Crippen molar-refractivity contribution in [2.24, 2.45) is 7.05 Å². The smallest absolute Gasteiger partial charge is 0.140 e. The van der Waals surface area contributed by atoms with Crippen molar-refractivity contribution < 1.29 is 5.11 Å². The fourth-order valence-electron chi connectivity index (χ4n) is 1.30. The van der Waals surface area contributed by atoms with Crippen LogP contribution in [0.2, 0.25) is 0 Å². The van der Waals surface area contributed by atoms with Crippen LogP contribution in [0.4, 0.5) is 0 Å². The Morgan fingerprint density at radius 1 is 1.67 bits per heavy atom. The molecule has 0 fully saturated rings. The Morgan fingerprint density at radius 2 is 2.40 bits per heavy atom. The summed E-state index contributed by atoms with van der Waals surface area (Å²) < 4.78 is 1.74. The van der Waals surface area contributed by atoms with Gasteiger partial charge in [-0.25, -0.2) is 4.98 Å². The molecule has 1 aromatic rings. The zero-order chi connectivity index (χ0) is 11.3. The lowest BCUT2D eigenvalue weighted by atomic mass is 10.2. The van der Waals surface area contributed by atoms with Gasteiger partial charge in [0.1, 0.15) is 12.2 Å². The van der Waals surface area contributed by atoms with Crippen LogP contribution >= 0.6 is 11.8 Å². The summed E-state index contributed by atoms with van der Waals surface area (Å²) in [5.41, 5.74) is 0. The molecule has 0 aliphatic rings. The first-order chi connectivity index (χ1) is 7.19. The summed E-state index contributed by atoms with van der Waals surface area (Å²) in [6.07, 6.45) is 3.54. The number of nitrogens with zero attached hydrogens (tertiary/aromatic N) is 3. The zero-order valence-corrected chi connectivity index (χ0v) is 10.2. The van der Waals surface area contributed by atoms with Crippen LogP contribution in [0.25, 0.3) is 0 Å². The molecule has 0 saturated heterocycles. The van der Waals surface area contributed by atoms with Gasteiger partial charge < -0.3 is 10.4 Å². The van der Waals surface area contributed by atoms with Gasteiger partial charge in [-0.1, -0.05) is 0 Å². The molecule has 2 unspecified atom stereocenters. The molecular formula is C9H18N4OS. The number of aryl methyl sites for hydroxylation is 1. The van der Waals surface area contributed by atoms with E-state index < -0.39 is 0 Å². The van der Waals surface area contributed by atoms with E-state index in [1.807, 2.05) is 13.3 Å². The van der Waals surface area contributed by atoms with Crippen LogP contribution in [0, 0.1) is 0 Å². The second-order valence-corrected chi connectivity index (χ2v) is 4.50. The van der Waals surface area contributed by atoms with Crippen LogP contribution in [0.15, 0.2) is 6.33 Å². The summed E-state index contributed by atoms with van der Waals surface area (Å²) in [5.74, 6) is 0.902. The SMILES string of the molecule is CSC(CO)C(C)NCc1ncnn1C. The molecule has 0 saturated carbocycles. The van der Waals surface area contributed by atoms with E-state index in [4.69, 9.17) is 5.11 Å². The quantitative estimate of drug-likeness (QED) is 0.721. The lowest BCUT2D eigenvalue weighted by Crippen LogP contribution is -2.37. The highest BCUT2D eigenvalue weighted by Crippen LogP contribution is 2.10. The molecule has 1 rings (SSSR count). The summed E-state index contributed by atoms with van der Waals surface area (Å²) >= 11 is 1.66. The van der Waals surface area contributed by atoms with Gasteiger partial charge in [-0.15, -0.1) is 0 Å². The van der Waals surface area contributed by atoms with Crippen molar-refractivity contribution in [3.63, 3.8) is 0 Å². The normalized spacial score (nSPS) is 15.2. The lowest BCUT2D eigenvalue weighted by Gasteiger charge is -2.20. The molecule has 5 nitrogen and oxygen atoms in total. The Hall–Kier alpha value is -0.590. The first-order valence-electron chi connectivity index (χ1n) is 4.89. The van der Waals surface area contributed by atoms with Gasteiger partial charge in [-0.2, -0.15) is 16.9 Å². The van der Waals surface area contributed by atoms with Crippen molar-refractivity contribution >= 4 is 11.8 Å². The molecule has 15 heavy (non-hydrogen) atoms. The van der Waals surface area contributed by atoms with Crippen LogP contribution in [0.5, 0.6) is 0 Å². The van der Waals surface area contributed by atoms with E-state index in [9.17, 15) is 0 Å². The molecule has 1 heterocycles. The number of hydrogen-bond donors (Lipinski definition) is 2. The van der Waals surface area contributed by atoms with Crippen LogP contribution in [0.1, 0.15) is 12.7 Å². The third-order valence-corrected chi connectivity index (χ3v) is 3.59. The van der Waals surface area contributed by atoms with Gasteiger partial charge in [-0.3, -0.25) is 4.68 Å². The first kappa shape index (κ1) is 12.5. The van der Waals surface area contributed by atoms with E-state index in [0.29, 0.717) is 6.54 Å². The van der Waals surface area contributed by atoms with E-state index in [1.54, 1.807) is 22.8 Å². The maximum atomic E-state index is 9.11. The molecule has 0 spiro atoms. The van der Waals surface area contributed by atoms with Gasteiger partial charge in [0.05, 0.1) is 13.2 Å². The minimum Gasteiger partial charge on any atom is -0.395 e. The summed E-state index contributed by atoms with van der Waals surface area (Å²) in [6, 6.07) is 0.252. The molecule has 2 atom stereocenters. The highest BCUT2D eigenvalue weighted by molar-refractivity contribution is 7.99. The molecule has 0 aliphatic heterocycles. The van der Waals surface area contributed by atoms with E-state index >= 15 is 0 Å². The summed E-state index contributed by atoms with van der Waals surface area (Å²) in [7, 11) is 1.87. The van der Waals surface area contributed by atoms with Crippen molar-refractivity contribution in [1.29, 1.82) is 0 Å². The third kappa shape index (κ3) is 3.48. The van der Waals surface area contributed by atoms with Gasteiger partial charge in [0.2, 0.25) is 0 Å². The lowest BCUT2D eigenvalue weighted by molar-refractivity contribution is 0.275. The molecule has 0 aliphatic carbocycles. The molecule has 0 bridgehead atoms. The van der Waals surface area contributed by atoms with Crippen LogP contribution in [-0.4, -0.2) is 44.0 Å². The second-order valence-electron chi connectivity index (χ2n) is 3.43. The minimum atomic E-state index is 0.189. The number of aromatic nitrogens is 3. The Bertz CT molecular complexity index is 287. The second kappa shape index (κ2) is 6.09.